The first kappa shape index (κ1) is 18.7. The lowest BCUT2D eigenvalue weighted by Crippen LogP contribution is -2.08. The lowest BCUT2D eigenvalue weighted by Gasteiger charge is -2.09. The molecular formula is C21H16N2O5S. The van der Waals surface area contributed by atoms with Crippen molar-refractivity contribution in [3.05, 3.63) is 78.6 Å². The highest BCUT2D eigenvalue weighted by Crippen LogP contribution is 2.40. The van der Waals surface area contributed by atoms with Crippen LogP contribution in [0.15, 0.2) is 82.9 Å². The van der Waals surface area contributed by atoms with Gasteiger partial charge in [0.1, 0.15) is 4.90 Å². The molecule has 2 aromatic carbocycles. The van der Waals surface area contributed by atoms with E-state index in [0.717, 1.165) is 5.56 Å². The molecule has 2 heterocycles. The van der Waals surface area contributed by atoms with Gasteiger partial charge in [0.05, 0.1) is 4.90 Å². The standard InChI is InChI=1S/C21H16N2O5S/c24-20(11-6-15-3-2-12-22-13-15)23-16-7-9-17(10-8-16)29(25,26)19-5-1-4-18-21(19)28-14-27-18/h1-13H,14H2,(H,23,24). The molecule has 0 aliphatic carbocycles. The van der Waals surface area contributed by atoms with Crippen LogP contribution in [0.25, 0.3) is 6.08 Å². The second-order valence-electron chi connectivity index (χ2n) is 6.13. The molecule has 4 rings (SSSR count). The number of amides is 1. The van der Waals surface area contributed by atoms with Gasteiger partial charge < -0.3 is 14.8 Å². The molecule has 0 bridgehead atoms. The van der Waals surface area contributed by atoms with Gasteiger partial charge in [-0.05, 0) is 54.1 Å². The topological polar surface area (TPSA) is 94.6 Å². The summed E-state index contributed by atoms with van der Waals surface area (Å²) < 4.78 is 36.4. The Hall–Kier alpha value is -3.65. The number of hydrogen-bond acceptors (Lipinski definition) is 6. The summed E-state index contributed by atoms with van der Waals surface area (Å²) >= 11 is 0. The van der Waals surface area contributed by atoms with Crippen molar-refractivity contribution in [3.63, 3.8) is 0 Å². The van der Waals surface area contributed by atoms with E-state index < -0.39 is 9.84 Å². The fourth-order valence-corrected chi connectivity index (χ4v) is 4.20. The van der Waals surface area contributed by atoms with Gasteiger partial charge in [0, 0.05) is 24.2 Å². The van der Waals surface area contributed by atoms with Crippen LogP contribution in [0.5, 0.6) is 11.5 Å². The van der Waals surface area contributed by atoms with E-state index in [4.69, 9.17) is 9.47 Å². The first-order valence-electron chi connectivity index (χ1n) is 8.67. The quantitative estimate of drug-likeness (QED) is 0.651. The largest absolute Gasteiger partial charge is 0.454 e. The van der Waals surface area contributed by atoms with E-state index in [1.165, 1.54) is 36.4 Å². The lowest BCUT2D eigenvalue weighted by atomic mass is 10.2. The van der Waals surface area contributed by atoms with Crippen molar-refractivity contribution in [2.75, 3.05) is 12.1 Å². The van der Waals surface area contributed by atoms with Crippen molar-refractivity contribution >= 4 is 27.5 Å². The summed E-state index contributed by atoms with van der Waals surface area (Å²) in [6.07, 6.45) is 6.31. The predicted octanol–water partition coefficient (Wildman–Crippen LogP) is 3.30. The average Bonchev–Trinajstić information content (AvgIpc) is 3.22. The Morgan fingerprint density at radius 1 is 1.03 bits per heavy atom. The number of aromatic nitrogens is 1. The molecular weight excluding hydrogens is 392 g/mol. The Morgan fingerprint density at radius 2 is 1.86 bits per heavy atom. The summed E-state index contributed by atoms with van der Waals surface area (Å²) in [6.45, 7) is -0.0145. The van der Waals surface area contributed by atoms with E-state index in [-0.39, 0.29) is 28.2 Å². The average molecular weight is 408 g/mol. The smallest absolute Gasteiger partial charge is 0.248 e. The molecule has 7 nitrogen and oxygen atoms in total. The van der Waals surface area contributed by atoms with Gasteiger partial charge in [0.2, 0.25) is 22.5 Å². The highest BCUT2D eigenvalue weighted by atomic mass is 32.2. The maximum atomic E-state index is 12.9. The minimum absolute atomic E-state index is 0.0145. The molecule has 0 spiro atoms. The van der Waals surface area contributed by atoms with Gasteiger partial charge in [-0.3, -0.25) is 9.78 Å². The van der Waals surface area contributed by atoms with Crippen LogP contribution < -0.4 is 14.8 Å². The minimum Gasteiger partial charge on any atom is -0.454 e. The Kier molecular flexibility index (Phi) is 5.01. The number of benzene rings is 2. The van der Waals surface area contributed by atoms with Crippen LogP contribution in [-0.2, 0) is 14.6 Å². The molecule has 8 heteroatoms. The summed E-state index contributed by atoms with van der Waals surface area (Å²) in [5, 5.41) is 2.69. The molecule has 1 amide bonds. The maximum Gasteiger partial charge on any atom is 0.248 e. The number of carbonyl (C=O) groups is 1. The molecule has 1 aliphatic heterocycles. The Bertz CT molecular complexity index is 1170. The highest BCUT2D eigenvalue weighted by molar-refractivity contribution is 7.91. The van der Waals surface area contributed by atoms with E-state index >= 15 is 0 Å². The molecule has 0 saturated heterocycles. The molecule has 1 aromatic heterocycles. The van der Waals surface area contributed by atoms with Crippen LogP contribution in [0.2, 0.25) is 0 Å². The number of fused-ring (bicyclic) bond motifs is 1. The Balaban J connectivity index is 1.50. The summed E-state index contributed by atoms with van der Waals surface area (Å²) in [5.74, 6) is 0.275. The van der Waals surface area contributed by atoms with Crippen molar-refractivity contribution < 1.29 is 22.7 Å². The van der Waals surface area contributed by atoms with Crippen molar-refractivity contribution in [1.82, 2.24) is 4.98 Å². The van der Waals surface area contributed by atoms with Gasteiger partial charge >= 0.3 is 0 Å². The normalized spacial score (nSPS) is 12.8. The van der Waals surface area contributed by atoms with E-state index in [1.807, 2.05) is 6.07 Å². The molecule has 0 fully saturated rings. The van der Waals surface area contributed by atoms with Crippen LogP contribution in [0.3, 0.4) is 0 Å². The second kappa shape index (κ2) is 7.76. The van der Waals surface area contributed by atoms with Crippen molar-refractivity contribution in [2.45, 2.75) is 9.79 Å². The fraction of sp³-hybridized carbons (Fsp3) is 0.0476. The van der Waals surface area contributed by atoms with Gasteiger partial charge in [-0.25, -0.2) is 8.42 Å². The first-order chi connectivity index (χ1) is 14.0. The molecule has 0 atom stereocenters. The third-order valence-electron chi connectivity index (χ3n) is 4.19. The molecule has 0 radical (unpaired) electrons. The number of carbonyl (C=O) groups excluding carboxylic acids is 1. The maximum absolute atomic E-state index is 12.9. The van der Waals surface area contributed by atoms with Crippen LogP contribution >= 0.6 is 0 Å². The summed E-state index contributed by atoms with van der Waals surface area (Å²) in [7, 11) is -3.79. The number of nitrogens with one attached hydrogen (secondary N) is 1. The number of anilines is 1. The zero-order valence-electron chi connectivity index (χ0n) is 15.1. The number of hydrogen-bond donors (Lipinski definition) is 1. The van der Waals surface area contributed by atoms with Gasteiger partial charge in [-0.15, -0.1) is 0 Å². The number of pyridine rings is 1. The molecule has 1 aliphatic rings. The molecule has 3 aromatic rings. The third kappa shape index (κ3) is 3.97. The number of para-hydroxylation sites is 1. The van der Waals surface area contributed by atoms with Crippen molar-refractivity contribution in [2.24, 2.45) is 0 Å². The molecule has 146 valence electrons. The van der Waals surface area contributed by atoms with Crippen LogP contribution in [0, 0.1) is 0 Å². The van der Waals surface area contributed by atoms with Crippen molar-refractivity contribution in [3.8, 4) is 11.5 Å². The molecule has 29 heavy (non-hydrogen) atoms. The molecule has 1 N–H and O–H groups in total. The first-order valence-corrected chi connectivity index (χ1v) is 10.2. The summed E-state index contributed by atoms with van der Waals surface area (Å²) in [5.41, 5.74) is 1.27. The van der Waals surface area contributed by atoms with Gasteiger partial charge in [0.25, 0.3) is 0 Å². The Morgan fingerprint density at radius 3 is 2.62 bits per heavy atom. The highest BCUT2D eigenvalue weighted by Gasteiger charge is 2.27. The zero-order chi connectivity index (χ0) is 20.3. The van der Waals surface area contributed by atoms with Gasteiger partial charge in [-0.2, -0.15) is 0 Å². The number of rotatable bonds is 5. The second-order valence-corrected chi connectivity index (χ2v) is 8.04. The Labute approximate surface area is 167 Å². The fourth-order valence-electron chi connectivity index (χ4n) is 2.79. The van der Waals surface area contributed by atoms with Crippen LogP contribution in [0.4, 0.5) is 5.69 Å². The summed E-state index contributed by atoms with van der Waals surface area (Å²) in [6, 6.07) is 14.3. The SMILES string of the molecule is O=C(C=Cc1cccnc1)Nc1ccc(S(=O)(=O)c2cccc3c2OCO3)cc1. The predicted molar refractivity (Wildman–Crippen MR) is 106 cm³/mol. The number of nitrogens with zero attached hydrogens (tertiary/aromatic N) is 1. The number of sulfone groups is 1. The molecule has 0 unspecified atom stereocenters. The van der Waals surface area contributed by atoms with E-state index in [0.29, 0.717) is 11.4 Å². The molecule has 0 saturated carbocycles. The monoisotopic (exact) mass is 408 g/mol. The van der Waals surface area contributed by atoms with E-state index in [1.54, 1.807) is 36.7 Å². The van der Waals surface area contributed by atoms with Gasteiger partial charge in [-0.1, -0.05) is 12.1 Å². The van der Waals surface area contributed by atoms with E-state index in [2.05, 4.69) is 10.3 Å². The third-order valence-corrected chi connectivity index (χ3v) is 5.99. The lowest BCUT2D eigenvalue weighted by molar-refractivity contribution is -0.111. The number of ether oxygens (including phenoxy) is 2. The summed E-state index contributed by atoms with van der Waals surface area (Å²) in [4.78, 5) is 16.2. The van der Waals surface area contributed by atoms with Crippen LogP contribution in [-0.4, -0.2) is 26.1 Å². The van der Waals surface area contributed by atoms with E-state index in [9.17, 15) is 13.2 Å². The van der Waals surface area contributed by atoms with Crippen molar-refractivity contribution in [1.29, 1.82) is 0 Å². The van der Waals surface area contributed by atoms with Crippen LogP contribution in [0.1, 0.15) is 5.56 Å². The minimum atomic E-state index is -3.79. The van der Waals surface area contributed by atoms with Gasteiger partial charge in [0.15, 0.2) is 11.5 Å². The zero-order valence-corrected chi connectivity index (χ0v) is 15.9.